The number of nitrogens with two attached hydrogens (primary N) is 2. The summed E-state index contributed by atoms with van der Waals surface area (Å²) in [5.74, 6) is -2.10. The van der Waals surface area contributed by atoms with E-state index in [1.165, 1.54) is 13.0 Å². The van der Waals surface area contributed by atoms with Crippen LogP contribution in [-0.4, -0.2) is 58.0 Å². The van der Waals surface area contributed by atoms with Crippen LogP contribution in [-0.2, 0) is 14.3 Å². The number of hydrogen-bond donors (Lipinski definition) is 7. The number of carbonyl (C=O) groups is 2. The Morgan fingerprint density at radius 1 is 1.55 bits per heavy atom. The van der Waals surface area contributed by atoms with Gasteiger partial charge in [0.25, 0.3) is 0 Å². The van der Waals surface area contributed by atoms with Crippen molar-refractivity contribution in [2.75, 3.05) is 6.61 Å². The molecule has 1 rings (SSSR count). The molecular weight excluding hydrogens is 296 g/mol. The molecule has 10 heteroatoms. The van der Waals surface area contributed by atoms with Crippen molar-refractivity contribution in [2.24, 2.45) is 11.5 Å². The lowest BCUT2D eigenvalue weighted by Gasteiger charge is -2.34. The molecule has 9 N–H and O–H groups in total. The number of rotatable bonds is 5. The van der Waals surface area contributed by atoms with Crippen molar-refractivity contribution in [1.29, 1.82) is 5.41 Å². The van der Waals surface area contributed by atoms with Gasteiger partial charge in [0.15, 0.2) is 5.96 Å². The van der Waals surface area contributed by atoms with Crippen LogP contribution in [0.3, 0.4) is 0 Å². The van der Waals surface area contributed by atoms with Crippen molar-refractivity contribution in [2.45, 2.75) is 38.0 Å². The standard InChI is InChI=1S/C11H17NO6.CH5N3/c1-6(14)12-7-2-3-9(11(16)17)18-10(7)8(15)4-5-13;2-1(3)4/h3,7-8,10,13,15H,2,4-5H2,1H3,(H,12,14)(H,16,17);(H5,2,3,4)/t7-,8-,10-;/m1./s1. The Balaban J connectivity index is 0.000000980. The second-order valence-corrected chi connectivity index (χ2v) is 4.53. The van der Waals surface area contributed by atoms with Crippen molar-refractivity contribution in [3.63, 3.8) is 0 Å². The number of nitrogens with one attached hydrogen (secondary N) is 2. The van der Waals surface area contributed by atoms with Crippen molar-refractivity contribution in [3.05, 3.63) is 11.8 Å². The lowest BCUT2D eigenvalue weighted by atomic mass is 9.97. The molecule has 1 aliphatic rings. The monoisotopic (exact) mass is 318 g/mol. The minimum atomic E-state index is -1.22. The third-order valence-corrected chi connectivity index (χ3v) is 2.62. The number of guanidine groups is 1. The molecule has 0 unspecified atom stereocenters. The summed E-state index contributed by atoms with van der Waals surface area (Å²) < 4.78 is 5.16. The third-order valence-electron chi connectivity index (χ3n) is 2.62. The van der Waals surface area contributed by atoms with E-state index >= 15 is 0 Å². The number of hydrogen-bond acceptors (Lipinski definition) is 6. The van der Waals surface area contributed by atoms with E-state index in [2.05, 4.69) is 16.8 Å². The number of carbonyl (C=O) groups excluding carboxylic acids is 1. The van der Waals surface area contributed by atoms with Gasteiger partial charge in [0.1, 0.15) is 6.10 Å². The van der Waals surface area contributed by atoms with Gasteiger partial charge in [0, 0.05) is 20.0 Å². The van der Waals surface area contributed by atoms with Gasteiger partial charge in [-0.25, -0.2) is 4.79 Å². The highest BCUT2D eigenvalue weighted by Gasteiger charge is 2.35. The lowest BCUT2D eigenvalue weighted by molar-refractivity contribution is -0.141. The highest BCUT2D eigenvalue weighted by molar-refractivity contribution is 5.84. The largest absolute Gasteiger partial charge is 0.478 e. The van der Waals surface area contributed by atoms with Crippen LogP contribution >= 0.6 is 0 Å². The molecule has 0 spiro atoms. The molecule has 0 aromatic heterocycles. The van der Waals surface area contributed by atoms with Crippen molar-refractivity contribution < 1.29 is 29.6 Å². The summed E-state index contributed by atoms with van der Waals surface area (Å²) in [6.07, 6.45) is -0.264. The molecule has 0 bridgehead atoms. The molecule has 10 nitrogen and oxygen atoms in total. The summed E-state index contributed by atoms with van der Waals surface area (Å²) in [6, 6.07) is -0.507. The first-order valence-electron chi connectivity index (χ1n) is 6.44. The van der Waals surface area contributed by atoms with Gasteiger partial charge in [-0.15, -0.1) is 0 Å². The second-order valence-electron chi connectivity index (χ2n) is 4.53. The summed E-state index contributed by atoms with van der Waals surface area (Å²) >= 11 is 0. The molecule has 0 saturated heterocycles. The van der Waals surface area contributed by atoms with Gasteiger partial charge in [-0.3, -0.25) is 10.2 Å². The zero-order chi connectivity index (χ0) is 17.3. The Morgan fingerprint density at radius 3 is 2.50 bits per heavy atom. The number of aliphatic hydroxyl groups is 2. The van der Waals surface area contributed by atoms with E-state index in [9.17, 15) is 14.7 Å². The van der Waals surface area contributed by atoms with Gasteiger partial charge >= 0.3 is 5.97 Å². The van der Waals surface area contributed by atoms with Crippen molar-refractivity contribution >= 4 is 17.8 Å². The summed E-state index contributed by atoms with van der Waals surface area (Å²) in [5.41, 5.74) is 8.94. The van der Waals surface area contributed by atoms with Gasteiger partial charge in [-0.1, -0.05) is 0 Å². The minimum Gasteiger partial charge on any atom is -0.478 e. The van der Waals surface area contributed by atoms with E-state index < -0.39 is 24.2 Å². The molecule has 126 valence electrons. The molecule has 3 atom stereocenters. The molecule has 0 fully saturated rings. The Labute approximate surface area is 127 Å². The summed E-state index contributed by atoms with van der Waals surface area (Å²) in [7, 11) is 0. The SMILES string of the molecule is CC(=O)N[C@@H]1CC=C(C(=O)O)O[C@H]1[C@H](O)CCO.N=C(N)N. The molecule has 1 amide bonds. The first kappa shape index (κ1) is 19.7. The molecule has 1 aliphatic heterocycles. The highest BCUT2D eigenvalue weighted by atomic mass is 16.5. The van der Waals surface area contributed by atoms with E-state index in [1.54, 1.807) is 0 Å². The van der Waals surface area contributed by atoms with Crippen LogP contribution in [0.1, 0.15) is 19.8 Å². The van der Waals surface area contributed by atoms with E-state index in [0.29, 0.717) is 0 Å². The Bertz CT molecular complexity index is 435. The van der Waals surface area contributed by atoms with E-state index in [4.69, 9.17) is 20.4 Å². The van der Waals surface area contributed by atoms with Crippen LogP contribution in [0.15, 0.2) is 11.8 Å². The van der Waals surface area contributed by atoms with Crippen molar-refractivity contribution in [3.8, 4) is 0 Å². The van der Waals surface area contributed by atoms with Crippen LogP contribution in [0, 0.1) is 5.41 Å². The van der Waals surface area contributed by atoms with E-state index in [0.717, 1.165) is 0 Å². The number of carboxylic acids is 1. The van der Waals surface area contributed by atoms with Crippen LogP contribution in [0.2, 0.25) is 0 Å². The Hall–Kier alpha value is -2.33. The second kappa shape index (κ2) is 9.58. The number of carboxylic acid groups (broad SMARTS) is 1. The van der Waals surface area contributed by atoms with Crippen LogP contribution in [0.5, 0.6) is 0 Å². The number of aliphatic carboxylic acids is 1. The topological polar surface area (TPSA) is 192 Å². The predicted octanol–water partition coefficient (Wildman–Crippen LogP) is -2.17. The molecule has 0 aromatic rings. The van der Waals surface area contributed by atoms with Crippen LogP contribution in [0.25, 0.3) is 0 Å². The maximum Gasteiger partial charge on any atom is 0.370 e. The van der Waals surface area contributed by atoms with Crippen LogP contribution in [0.4, 0.5) is 0 Å². The summed E-state index contributed by atoms with van der Waals surface area (Å²) in [4.78, 5) is 21.8. The maximum absolute atomic E-state index is 11.0. The smallest absolute Gasteiger partial charge is 0.370 e. The molecule has 22 heavy (non-hydrogen) atoms. The average molecular weight is 318 g/mol. The fourth-order valence-corrected chi connectivity index (χ4v) is 1.83. The quantitative estimate of drug-likeness (QED) is 0.220. The Morgan fingerprint density at radius 2 is 2.09 bits per heavy atom. The molecule has 0 saturated carbocycles. The maximum atomic E-state index is 11.0. The zero-order valence-corrected chi connectivity index (χ0v) is 12.2. The minimum absolute atomic E-state index is 0.0493. The zero-order valence-electron chi connectivity index (χ0n) is 12.2. The van der Waals surface area contributed by atoms with Gasteiger partial charge in [-0.05, 0) is 12.5 Å². The van der Waals surface area contributed by atoms with Crippen molar-refractivity contribution in [1.82, 2.24) is 5.32 Å². The van der Waals surface area contributed by atoms with Gasteiger partial charge in [0.05, 0.1) is 12.1 Å². The molecule has 0 aromatic carbocycles. The summed E-state index contributed by atoms with van der Waals surface area (Å²) in [5, 5.41) is 36.0. The Kier molecular flexibility index (Phi) is 8.56. The highest BCUT2D eigenvalue weighted by Crippen LogP contribution is 2.22. The van der Waals surface area contributed by atoms with Gasteiger partial charge in [-0.2, -0.15) is 0 Å². The number of amides is 1. The molecule has 0 aliphatic carbocycles. The normalized spacial score (nSPS) is 21.3. The van der Waals surface area contributed by atoms with Crippen LogP contribution < -0.4 is 16.8 Å². The average Bonchev–Trinajstić information content (AvgIpc) is 2.37. The number of ether oxygens (including phenoxy) is 1. The van der Waals surface area contributed by atoms with Gasteiger partial charge in [0.2, 0.25) is 11.7 Å². The van der Waals surface area contributed by atoms with E-state index in [1.807, 2.05) is 0 Å². The fraction of sp³-hybridized carbons (Fsp3) is 0.583. The van der Waals surface area contributed by atoms with Gasteiger partial charge < -0.3 is 36.8 Å². The predicted molar refractivity (Wildman–Crippen MR) is 76.6 cm³/mol. The molecule has 1 heterocycles. The molecular formula is C12H22N4O6. The first-order chi connectivity index (χ1) is 10.2. The fourth-order valence-electron chi connectivity index (χ4n) is 1.83. The third kappa shape index (κ3) is 7.45. The lowest BCUT2D eigenvalue weighted by Crippen LogP contribution is -2.51. The summed E-state index contributed by atoms with van der Waals surface area (Å²) in [6.45, 7) is 1.08. The molecule has 0 radical (unpaired) electrons. The van der Waals surface area contributed by atoms with E-state index in [-0.39, 0.29) is 37.1 Å². The first-order valence-corrected chi connectivity index (χ1v) is 6.44. The number of aliphatic hydroxyl groups excluding tert-OH is 2.